The highest BCUT2D eigenvalue weighted by Gasteiger charge is 2.36. The molecule has 5 nitrogen and oxygen atoms in total. The molecule has 0 bridgehead atoms. The van der Waals surface area contributed by atoms with Crippen molar-refractivity contribution in [1.29, 1.82) is 0 Å². The minimum atomic E-state index is -0.331. The summed E-state index contributed by atoms with van der Waals surface area (Å²) >= 11 is 0. The van der Waals surface area contributed by atoms with Gasteiger partial charge in [0.15, 0.2) is 5.78 Å². The summed E-state index contributed by atoms with van der Waals surface area (Å²) in [6, 6.07) is 22.7. The number of para-hydroxylation sites is 2. The maximum atomic E-state index is 13.5. The molecule has 0 saturated heterocycles. The van der Waals surface area contributed by atoms with Crippen LogP contribution in [0.2, 0.25) is 0 Å². The van der Waals surface area contributed by atoms with Gasteiger partial charge < -0.3 is 20.5 Å². The fourth-order valence-corrected chi connectivity index (χ4v) is 4.56. The lowest BCUT2D eigenvalue weighted by molar-refractivity contribution is -0.116. The smallest absolute Gasteiger partial charge is 0.163 e. The van der Waals surface area contributed by atoms with Gasteiger partial charge in [0, 0.05) is 17.7 Å². The molecular weight excluding hydrogens is 388 g/mol. The number of allylic oxidation sites excluding steroid dienone is 1. The Morgan fingerprint density at radius 3 is 2.42 bits per heavy atom. The molecule has 156 valence electrons. The molecular formula is C26H24N2O3. The van der Waals surface area contributed by atoms with Crippen LogP contribution in [-0.4, -0.2) is 18.0 Å². The number of rotatable bonds is 3. The summed E-state index contributed by atoms with van der Waals surface area (Å²) in [4.78, 5) is 13.5. The molecule has 0 saturated carbocycles. The first-order valence-electron chi connectivity index (χ1n) is 10.4. The molecule has 2 aliphatic rings. The molecule has 1 heterocycles. The molecule has 31 heavy (non-hydrogen) atoms. The minimum absolute atomic E-state index is 0.0970. The van der Waals surface area contributed by atoms with Gasteiger partial charge >= 0.3 is 0 Å². The number of nitrogens with one attached hydrogen (secondary N) is 2. The number of ether oxygens (including phenoxy) is 1. The molecule has 1 aliphatic carbocycles. The highest BCUT2D eigenvalue weighted by Crippen LogP contribution is 2.44. The molecule has 5 heteroatoms. The first-order chi connectivity index (χ1) is 15.1. The fraction of sp³-hybridized carbons (Fsp3) is 0.192. The number of carbonyl (C=O) groups is 1. The number of phenolic OH excluding ortho intramolecular Hbond substituents is 1. The van der Waals surface area contributed by atoms with E-state index in [9.17, 15) is 9.90 Å². The van der Waals surface area contributed by atoms with Crippen LogP contribution in [-0.2, 0) is 4.79 Å². The maximum absolute atomic E-state index is 13.5. The van der Waals surface area contributed by atoms with Gasteiger partial charge in [-0.25, -0.2) is 0 Å². The second-order valence-electron chi connectivity index (χ2n) is 8.04. The number of aromatic hydroxyl groups is 1. The van der Waals surface area contributed by atoms with Crippen LogP contribution in [0.3, 0.4) is 0 Å². The summed E-state index contributed by atoms with van der Waals surface area (Å²) in [6.45, 7) is 0. The van der Waals surface area contributed by atoms with Crippen molar-refractivity contribution < 1.29 is 14.6 Å². The van der Waals surface area contributed by atoms with E-state index in [1.165, 1.54) is 0 Å². The lowest BCUT2D eigenvalue weighted by Gasteiger charge is -2.30. The predicted molar refractivity (Wildman–Crippen MR) is 122 cm³/mol. The molecule has 0 radical (unpaired) electrons. The highest BCUT2D eigenvalue weighted by molar-refractivity contribution is 6.01. The highest BCUT2D eigenvalue weighted by atomic mass is 16.5. The van der Waals surface area contributed by atoms with Gasteiger partial charge in [-0.15, -0.1) is 0 Å². The van der Waals surface area contributed by atoms with E-state index in [4.69, 9.17) is 4.74 Å². The maximum Gasteiger partial charge on any atom is 0.163 e. The summed E-state index contributed by atoms with van der Waals surface area (Å²) in [5, 5.41) is 17.1. The number of carbonyl (C=O) groups excluding carboxylic acids is 1. The second kappa shape index (κ2) is 7.84. The number of benzene rings is 3. The zero-order chi connectivity index (χ0) is 21.4. The quantitative estimate of drug-likeness (QED) is 0.539. The molecule has 0 amide bonds. The number of Topliss-reactive ketones (excluding diaryl/α,β-unsaturated/α-hetero) is 1. The minimum Gasteiger partial charge on any atom is -0.508 e. The average Bonchev–Trinajstić information content (AvgIpc) is 2.96. The molecule has 0 unspecified atom stereocenters. The van der Waals surface area contributed by atoms with Crippen LogP contribution in [0.5, 0.6) is 11.5 Å². The van der Waals surface area contributed by atoms with E-state index in [-0.39, 0.29) is 23.5 Å². The van der Waals surface area contributed by atoms with E-state index in [2.05, 4.69) is 10.6 Å². The van der Waals surface area contributed by atoms with Crippen molar-refractivity contribution in [2.24, 2.45) is 0 Å². The first-order valence-corrected chi connectivity index (χ1v) is 10.4. The van der Waals surface area contributed by atoms with Crippen molar-refractivity contribution in [3.05, 3.63) is 95.2 Å². The second-order valence-corrected chi connectivity index (χ2v) is 8.04. The largest absolute Gasteiger partial charge is 0.508 e. The third kappa shape index (κ3) is 3.63. The van der Waals surface area contributed by atoms with Crippen LogP contribution in [0.1, 0.15) is 35.9 Å². The van der Waals surface area contributed by atoms with E-state index < -0.39 is 0 Å². The first kappa shape index (κ1) is 19.2. The molecule has 3 N–H and O–H groups in total. The van der Waals surface area contributed by atoms with Crippen LogP contribution in [0.4, 0.5) is 11.4 Å². The van der Waals surface area contributed by atoms with Gasteiger partial charge in [-0.1, -0.05) is 36.4 Å². The van der Waals surface area contributed by atoms with Crippen molar-refractivity contribution in [1.82, 2.24) is 0 Å². The molecule has 3 aromatic carbocycles. The van der Waals surface area contributed by atoms with E-state index in [1.54, 1.807) is 19.2 Å². The van der Waals surface area contributed by atoms with E-state index in [1.807, 2.05) is 60.7 Å². The summed E-state index contributed by atoms with van der Waals surface area (Å²) in [5.74, 6) is 1.20. The Bertz CT molecular complexity index is 1170. The standard InChI is InChI=1S/C26H24N2O3/c1-31-20-11-9-16(10-12-20)18-14-23-25(24(30)15-18)26(17-5-4-6-19(29)13-17)28-22-8-3-2-7-21(22)27-23/h2-13,18,26-29H,14-15H2,1H3/t18-,26+/m1/s1. The van der Waals surface area contributed by atoms with Crippen molar-refractivity contribution in [2.45, 2.75) is 24.8 Å². The number of hydrogen-bond donors (Lipinski definition) is 3. The van der Waals surface area contributed by atoms with Crippen LogP contribution < -0.4 is 15.4 Å². The SMILES string of the molecule is COc1ccc([C@H]2CC(=O)C3=C(C2)Nc2ccccc2N[C@H]3c2cccc(O)c2)cc1. The van der Waals surface area contributed by atoms with Gasteiger partial charge in [-0.2, -0.15) is 0 Å². The van der Waals surface area contributed by atoms with Gasteiger partial charge in [0.1, 0.15) is 11.5 Å². The normalized spacial score (nSPS) is 20.1. The number of ketones is 1. The average molecular weight is 412 g/mol. The van der Waals surface area contributed by atoms with Crippen molar-refractivity contribution >= 4 is 17.2 Å². The van der Waals surface area contributed by atoms with Gasteiger partial charge in [0.05, 0.1) is 24.5 Å². The number of fused-ring (bicyclic) bond motifs is 1. The van der Waals surface area contributed by atoms with E-state index in [0.717, 1.165) is 45.9 Å². The molecule has 0 spiro atoms. The summed E-state index contributed by atoms with van der Waals surface area (Å²) < 4.78 is 5.27. The zero-order valence-electron chi connectivity index (χ0n) is 17.3. The summed E-state index contributed by atoms with van der Waals surface area (Å²) in [5.41, 5.74) is 5.54. The predicted octanol–water partition coefficient (Wildman–Crippen LogP) is 5.38. The van der Waals surface area contributed by atoms with Crippen molar-refractivity contribution in [2.75, 3.05) is 17.7 Å². The third-order valence-electron chi connectivity index (χ3n) is 6.10. The van der Waals surface area contributed by atoms with Gasteiger partial charge in [-0.05, 0) is 59.9 Å². The van der Waals surface area contributed by atoms with E-state index in [0.29, 0.717) is 6.42 Å². The van der Waals surface area contributed by atoms with Crippen LogP contribution in [0, 0.1) is 0 Å². The molecule has 0 fully saturated rings. The topological polar surface area (TPSA) is 70.6 Å². The lowest BCUT2D eigenvalue weighted by atomic mass is 9.78. The monoisotopic (exact) mass is 412 g/mol. The number of anilines is 2. The molecule has 0 aromatic heterocycles. The van der Waals surface area contributed by atoms with Gasteiger partial charge in [-0.3, -0.25) is 4.79 Å². The molecule has 5 rings (SSSR count). The Balaban J connectivity index is 1.58. The van der Waals surface area contributed by atoms with Crippen LogP contribution in [0.15, 0.2) is 84.1 Å². The zero-order valence-corrected chi connectivity index (χ0v) is 17.3. The van der Waals surface area contributed by atoms with Gasteiger partial charge in [0.25, 0.3) is 0 Å². The summed E-state index contributed by atoms with van der Waals surface area (Å²) in [7, 11) is 1.65. The van der Waals surface area contributed by atoms with Crippen LogP contribution >= 0.6 is 0 Å². The molecule has 2 atom stereocenters. The number of phenols is 1. The van der Waals surface area contributed by atoms with E-state index >= 15 is 0 Å². The summed E-state index contributed by atoms with van der Waals surface area (Å²) in [6.07, 6.45) is 1.18. The number of methoxy groups -OCH3 is 1. The Morgan fingerprint density at radius 2 is 1.68 bits per heavy atom. The van der Waals surface area contributed by atoms with Crippen molar-refractivity contribution in [3.8, 4) is 11.5 Å². The molecule has 3 aromatic rings. The Kier molecular flexibility index (Phi) is 4.86. The van der Waals surface area contributed by atoms with Crippen molar-refractivity contribution in [3.63, 3.8) is 0 Å². The van der Waals surface area contributed by atoms with Gasteiger partial charge in [0.2, 0.25) is 0 Å². The lowest BCUT2D eigenvalue weighted by Crippen LogP contribution is -2.26. The Labute approximate surface area is 181 Å². The Morgan fingerprint density at radius 1 is 0.903 bits per heavy atom. The fourth-order valence-electron chi connectivity index (χ4n) is 4.56. The molecule has 1 aliphatic heterocycles. The number of hydrogen-bond acceptors (Lipinski definition) is 5. The third-order valence-corrected chi connectivity index (χ3v) is 6.10. The van der Waals surface area contributed by atoms with Crippen LogP contribution in [0.25, 0.3) is 0 Å². The Hall–Kier alpha value is -3.73.